The molecule has 0 unspecified atom stereocenters. The van der Waals surface area contributed by atoms with E-state index in [1.54, 1.807) is 7.11 Å². The lowest BCUT2D eigenvalue weighted by Crippen LogP contribution is -2.26. The molecule has 0 aromatic heterocycles. The van der Waals surface area contributed by atoms with Gasteiger partial charge in [-0.3, -0.25) is 0 Å². The summed E-state index contributed by atoms with van der Waals surface area (Å²) in [5.74, 6) is 0.353. The second kappa shape index (κ2) is 10.4. The number of rotatable bonds is 8. The normalized spacial score (nSPS) is 15.0. The molecule has 1 atom stereocenters. The Balaban J connectivity index is 3.86. The molecule has 2 heteroatoms. The predicted molar refractivity (Wildman–Crippen MR) is 111 cm³/mol. The zero-order valence-electron chi connectivity index (χ0n) is 17.4. The maximum atomic E-state index is 5.46. The number of hydrogen-bond donors (Lipinski definition) is 0. The fraction of sp³-hybridized carbons (Fsp3) is 0.522. The summed E-state index contributed by atoms with van der Waals surface area (Å²) in [6, 6.07) is 7.10. The predicted octanol–water partition coefficient (Wildman–Crippen LogP) is 6.01. The molecule has 0 bridgehead atoms. The van der Waals surface area contributed by atoms with Gasteiger partial charge in [0.1, 0.15) is 0 Å². The Kier molecular flexibility index (Phi) is 8.85. The summed E-state index contributed by atoms with van der Waals surface area (Å²) < 4.78 is 7.86. The lowest BCUT2D eigenvalue weighted by atomic mass is 9.86. The average molecular weight is 343 g/mol. The third-order valence-electron chi connectivity index (χ3n) is 4.70. The third-order valence-corrected chi connectivity index (χ3v) is 4.70. The van der Waals surface area contributed by atoms with E-state index < -0.39 is 0 Å². The first-order valence-corrected chi connectivity index (χ1v) is 9.45. The standard InChI is InChI=1S/C23H36NO/c1-9-15-24(17(4)5)22(11-3)23-20(18(6)10-2)13-12-14-21(23)19(7)16-25-8/h9-10,12-15,17,19H,11,16H2,1-8H3/q+1/b15-9-,18-10+,24-22-/t19-/m1/s1. The van der Waals surface area contributed by atoms with Gasteiger partial charge in [0, 0.05) is 19.4 Å². The van der Waals surface area contributed by atoms with Gasteiger partial charge < -0.3 is 4.74 Å². The molecule has 0 N–H and O–H groups in total. The van der Waals surface area contributed by atoms with Gasteiger partial charge in [-0.05, 0) is 57.4 Å². The number of methoxy groups -OCH3 is 1. The summed E-state index contributed by atoms with van der Waals surface area (Å²) in [4.78, 5) is 0. The number of allylic oxidation sites excluding steroid dienone is 3. The van der Waals surface area contributed by atoms with Crippen molar-refractivity contribution in [3.05, 3.63) is 53.2 Å². The lowest BCUT2D eigenvalue weighted by Gasteiger charge is -2.20. The van der Waals surface area contributed by atoms with Gasteiger partial charge in [0.2, 0.25) is 0 Å². The molecule has 0 fully saturated rings. The van der Waals surface area contributed by atoms with Crippen molar-refractivity contribution < 1.29 is 9.31 Å². The van der Waals surface area contributed by atoms with Crippen molar-refractivity contribution in [2.24, 2.45) is 0 Å². The summed E-state index contributed by atoms with van der Waals surface area (Å²) in [6.07, 6.45) is 7.52. The number of nitrogens with zero attached hydrogens (tertiary/aromatic N) is 1. The molecule has 1 aromatic rings. The Bertz CT molecular complexity index is 650. The highest BCUT2D eigenvalue weighted by molar-refractivity contribution is 6.02. The van der Waals surface area contributed by atoms with Crippen LogP contribution in [-0.2, 0) is 4.74 Å². The van der Waals surface area contributed by atoms with Crippen LogP contribution in [0, 0.1) is 0 Å². The minimum absolute atomic E-state index is 0.353. The quantitative estimate of drug-likeness (QED) is 0.416. The second-order valence-corrected chi connectivity index (χ2v) is 6.88. The van der Waals surface area contributed by atoms with Crippen LogP contribution in [0.15, 0.2) is 36.6 Å². The molecule has 25 heavy (non-hydrogen) atoms. The second-order valence-electron chi connectivity index (χ2n) is 6.88. The fourth-order valence-electron chi connectivity index (χ4n) is 3.35. The van der Waals surface area contributed by atoms with Crippen LogP contribution in [0.4, 0.5) is 0 Å². The van der Waals surface area contributed by atoms with E-state index in [0.717, 1.165) is 13.0 Å². The van der Waals surface area contributed by atoms with E-state index in [1.807, 2.05) is 0 Å². The molecule has 0 heterocycles. The van der Waals surface area contributed by atoms with E-state index in [-0.39, 0.29) is 0 Å². The molecule has 2 nitrogen and oxygen atoms in total. The minimum atomic E-state index is 0.353. The first-order chi connectivity index (χ1) is 11.9. The Morgan fingerprint density at radius 1 is 1.20 bits per heavy atom. The zero-order valence-corrected chi connectivity index (χ0v) is 17.4. The monoisotopic (exact) mass is 342 g/mol. The highest BCUT2D eigenvalue weighted by Gasteiger charge is 2.25. The van der Waals surface area contributed by atoms with E-state index in [9.17, 15) is 0 Å². The van der Waals surface area contributed by atoms with E-state index in [0.29, 0.717) is 12.0 Å². The van der Waals surface area contributed by atoms with Crippen molar-refractivity contribution in [3.63, 3.8) is 0 Å². The Morgan fingerprint density at radius 3 is 2.36 bits per heavy atom. The molecule has 0 radical (unpaired) electrons. The number of hydrogen-bond acceptors (Lipinski definition) is 1. The van der Waals surface area contributed by atoms with E-state index in [1.165, 1.54) is 28.0 Å². The van der Waals surface area contributed by atoms with Crippen molar-refractivity contribution in [2.45, 2.75) is 66.8 Å². The van der Waals surface area contributed by atoms with E-state index in [2.05, 4.69) is 89.6 Å². The highest BCUT2D eigenvalue weighted by Crippen LogP contribution is 2.29. The Hall–Kier alpha value is -1.67. The van der Waals surface area contributed by atoms with Gasteiger partial charge in [-0.2, -0.15) is 0 Å². The summed E-state index contributed by atoms with van der Waals surface area (Å²) in [5, 5.41) is 0. The largest absolute Gasteiger partial charge is 0.384 e. The highest BCUT2D eigenvalue weighted by atomic mass is 16.5. The van der Waals surface area contributed by atoms with Crippen LogP contribution in [0.2, 0.25) is 0 Å². The zero-order chi connectivity index (χ0) is 19.0. The van der Waals surface area contributed by atoms with Crippen LogP contribution in [0.5, 0.6) is 0 Å². The van der Waals surface area contributed by atoms with Crippen LogP contribution in [0.3, 0.4) is 0 Å². The van der Waals surface area contributed by atoms with Gasteiger partial charge in [-0.25, -0.2) is 4.58 Å². The van der Waals surface area contributed by atoms with E-state index in [4.69, 9.17) is 4.74 Å². The van der Waals surface area contributed by atoms with Crippen molar-refractivity contribution in [1.82, 2.24) is 0 Å². The average Bonchev–Trinajstić information content (AvgIpc) is 2.60. The van der Waals surface area contributed by atoms with Crippen LogP contribution in [-0.4, -0.2) is 30.0 Å². The maximum absolute atomic E-state index is 5.46. The topological polar surface area (TPSA) is 12.2 Å². The maximum Gasteiger partial charge on any atom is 0.189 e. The van der Waals surface area contributed by atoms with Gasteiger partial charge in [-0.15, -0.1) is 0 Å². The fourth-order valence-corrected chi connectivity index (χ4v) is 3.35. The minimum Gasteiger partial charge on any atom is -0.384 e. The van der Waals surface area contributed by atoms with Crippen LogP contribution < -0.4 is 0 Å². The molecule has 0 amide bonds. The molecule has 0 saturated heterocycles. The van der Waals surface area contributed by atoms with Gasteiger partial charge >= 0.3 is 0 Å². The van der Waals surface area contributed by atoms with Gasteiger partial charge in [0.25, 0.3) is 0 Å². The Morgan fingerprint density at radius 2 is 1.88 bits per heavy atom. The molecule has 0 saturated carbocycles. The summed E-state index contributed by atoms with van der Waals surface area (Å²) in [5.41, 5.74) is 6.76. The molecule has 0 aliphatic rings. The van der Waals surface area contributed by atoms with Gasteiger partial charge in [-0.1, -0.05) is 38.1 Å². The van der Waals surface area contributed by atoms with Crippen molar-refractivity contribution in [1.29, 1.82) is 0 Å². The molecule has 1 aromatic carbocycles. The molecule has 138 valence electrons. The van der Waals surface area contributed by atoms with Crippen LogP contribution in [0.1, 0.15) is 77.5 Å². The number of benzene rings is 1. The van der Waals surface area contributed by atoms with Crippen molar-refractivity contribution in [3.8, 4) is 0 Å². The van der Waals surface area contributed by atoms with Crippen LogP contribution in [0.25, 0.3) is 5.57 Å². The lowest BCUT2D eigenvalue weighted by molar-refractivity contribution is -0.492. The first-order valence-electron chi connectivity index (χ1n) is 9.45. The van der Waals surface area contributed by atoms with Gasteiger partial charge in [0.15, 0.2) is 18.0 Å². The Labute approximate surface area is 154 Å². The summed E-state index contributed by atoms with van der Waals surface area (Å²) >= 11 is 0. The first kappa shape index (κ1) is 21.4. The molecular formula is C23H36NO+. The molecule has 0 aliphatic heterocycles. The van der Waals surface area contributed by atoms with Crippen molar-refractivity contribution in [2.75, 3.05) is 13.7 Å². The summed E-state index contributed by atoms with van der Waals surface area (Å²) in [7, 11) is 1.78. The van der Waals surface area contributed by atoms with E-state index >= 15 is 0 Å². The molecule has 0 aliphatic carbocycles. The molecule has 0 spiro atoms. The molecule has 1 rings (SSSR count). The number of ether oxygens (including phenoxy) is 1. The van der Waals surface area contributed by atoms with Crippen LogP contribution >= 0.6 is 0 Å². The van der Waals surface area contributed by atoms with Gasteiger partial charge in [0.05, 0.1) is 12.2 Å². The molecular weight excluding hydrogens is 306 g/mol. The van der Waals surface area contributed by atoms with Crippen molar-refractivity contribution >= 4 is 11.3 Å². The summed E-state index contributed by atoms with van der Waals surface area (Å²) in [6.45, 7) is 16.1. The smallest absolute Gasteiger partial charge is 0.189 e. The SMILES string of the molecule is C/C=C\[N+](=C(/CC)c1c(/C(C)=C/C)cccc1[C@H](C)COC)C(C)C. The third kappa shape index (κ3) is 5.15.